The van der Waals surface area contributed by atoms with Gasteiger partial charge in [-0.1, -0.05) is 46.4 Å². The number of alkyl halides is 4. The molecule has 0 rings (SSSR count). The van der Waals surface area contributed by atoms with Crippen LogP contribution in [0.1, 0.15) is 0 Å². The maximum Gasteiger partial charge on any atom is 0.266 e. The summed E-state index contributed by atoms with van der Waals surface area (Å²) >= 11 is 19.3. The zero-order valence-corrected chi connectivity index (χ0v) is 8.70. The van der Waals surface area contributed by atoms with Gasteiger partial charge in [-0.05, 0) is 0 Å². The standard InChI is InChI=1S/CCl4.Ta/c2-1(3,4)5;. The fourth-order valence-electron chi connectivity index (χ4n) is 0. The van der Waals surface area contributed by atoms with Crippen molar-refractivity contribution in [3.8, 4) is 0 Å². The molecule has 1 radical (unpaired) electrons. The SMILES string of the molecule is ClC(Cl)(Cl)Cl.[Ta]. The van der Waals surface area contributed by atoms with Crippen LogP contribution in [0.3, 0.4) is 0 Å². The zero-order chi connectivity index (χ0) is 4.50. The summed E-state index contributed by atoms with van der Waals surface area (Å²) < 4.78 is -1.61. The van der Waals surface area contributed by atoms with Crippen LogP contribution in [0.25, 0.3) is 0 Å². The van der Waals surface area contributed by atoms with Crippen LogP contribution in [-0.4, -0.2) is 3.25 Å². The van der Waals surface area contributed by atoms with Crippen molar-refractivity contribution in [3.63, 3.8) is 0 Å². The van der Waals surface area contributed by atoms with Crippen molar-refractivity contribution in [2.45, 2.75) is 3.25 Å². The average Bonchev–Trinajstić information content (AvgIpc) is 0.722. The molecule has 0 nitrogen and oxygen atoms in total. The van der Waals surface area contributed by atoms with E-state index in [0.717, 1.165) is 0 Å². The molecule has 0 unspecified atom stereocenters. The van der Waals surface area contributed by atoms with E-state index in [-0.39, 0.29) is 22.4 Å². The van der Waals surface area contributed by atoms with Gasteiger partial charge in [0.05, 0.1) is 0 Å². The van der Waals surface area contributed by atoms with Gasteiger partial charge < -0.3 is 0 Å². The summed E-state index contributed by atoms with van der Waals surface area (Å²) in [5.74, 6) is 0. The summed E-state index contributed by atoms with van der Waals surface area (Å²) in [6.45, 7) is 0. The third kappa shape index (κ3) is 39.2. The second-order valence-electron chi connectivity index (χ2n) is 0.429. The first-order valence-electron chi connectivity index (χ1n) is 0.756. The van der Waals surface area contributed by atoms with Gasteiger partial charge in [0.25, 0.3) is 3.25 Å². The largest absolute Gasteiger partial charge is 0.266 e. The Morgan fingerprint density at radius 2 is 0.833 bits per heavy atom. The molecule has 0 bridgehead atoms. The summed E-state index contributed by atoms with van der Waals surface area (Å²) in [6, 6.07) is 0. The van der Waals surface area contributed by atoms with Gasteiger partial charge in [0.15, 0.2) is 0 Å². The van der Waals surface area contributed by atoms with Gasteiger partial charge in [0.2, 0.25) is 0 Å². The van der Waals surface area contributed by atoms with E-state index in [1.165, 1.54) is 0 Å². The minimum Gasteiger partial charge on any atom is -0.0664 e. The van der Waals surface area contributed by atoms with E-state index in [9.17, 15) is 0 Å². The molecule has 0 aromatic rings. The second-order valence-corrected chi connectivity index (χ2v) is 3.86. The fraction of sp³-hybridized carbons (Fsp3) is 1.00. The number of halogens is 4. The first-order valence-corrected chi connectivity index (χ1v) is 2.27. The Hall–Kier alpha value is 1.90. The summed E-state index contributed by atoms with van der Waals surface area (Å²) in [6.07, 6.45) is 0. The number of hydrogen-bond acceptors (Lipinski definition) is 0. The van der Waals surface area contributed by atoms with Crippen molar-refractivity contribution in [1.82, 2.24) is 0 Å². The monoisotopic (exact) mass is 333 g/mol. The van der Waals surface area contributed by atoms with Crippen LogP contribution in [0.4, 0.5) is 0 Å². The summed E-state index contributed by atoms with van der Waals surface area (Å²) in [4.78, 5) is 0. The molecule has 0 atom stereocenters. The van der Waals surface area contributed by atoms with Gasteiger partial charge in [-0.2, -0.15) is 0 Å². The predicted molar refractivity (Wildman–Crippen MR) is 26.1 cm³/mol. The van der Waals surface area contributed by atoms with Crippen LogP contribution < -0.4 is 0 Å². The molecule has 0 amide bonds. The minimum absolute atomic E-state index is 0. The van der Waals surface area contributed by atoms with Crippen molar-refractivity contribution < 1.29 is 22.4 Å². The van der Waals surface area contributed by atoms with Crippen LogP contribution >= 0.6 is 46.4 Å². The van der Waals surface area contributed by atoms with Gasteiger partial charge in [-0.25, -0.2) is 0 Å². The average molecular weight is 335 g/mol. The van der Waals surface area contributed by atoms with E-state index >= 15 is 0 Å². The Balaban J connectivity index is 0. The summed E-state index contributed by atoms with van der Waals surface area (Å²) in [5.41, 5.74) is 0. The minimum atomic E-state index is -1.61. The van der Waals surface area contributed by atoms with Gasteiger partial charge >= 0.3 is 0 Å². The Morgan fingerprint density at radius 3 is 0.833 bits per heavy atom. The maximum absolute atomic E-state index is 4.83. The molecule has 0 saturated carbocycles. The van der Waals surface area contributed by atoms with E-state index in [2.05, 4.69) is 0 Å². The Labute approximate surface area is 71.6 Å². The van der Waals surface area contributed by atoms with E-state index in [0.29, 0.717) is 0 Å². The Morgan fingerprint density at radius 1 is 0.833 bits per heavy atom. The van der Waals surface area contributed by atoms with E-state index in [4.69, 9.17) is 46.4 Å². The fourth-order valence-corrected chi connectivity index (χ4v) is 0. The van der Waals surface area contributed by atoms with Crippen molar-refractivity contribution in [3.05, 3.63) is 0 Å². The molecule has 0 fully saturated rings. The van der Waals surface area contributed by atoms with Gasteiger partial charge in [0, 0.05) is 22.4 Å². The second kappa shape index (κ2) is 3.85. The van der Waals surface area contributed by atoms with E-state index < -0.39 is 3.25 Å². The first-order chi connectivity index (χ1) is 2.00. The van der Waals surface area contributed by atoms with Crippen LogP contribution in [0.15, 0.2) is 0 Å². The topological polar surface area (TPSA) is 0 Å². The van der Waals surface area contributed by atoms with Crippen LogP contribution in [-0.2, 0) is 22.4 Å². The normalized spacial score (nSPS) is 10.0. The first kappa shape index (κ1) is 10.8. The molecule has 0 spiro atoms. The molecule has 5 heteroatoms. The molecular formula is CCl4Ta. The Kier molecular flexibility index (Phi) is 6.93. The maximum atomic E-state index is 4.83. The van der Waals surface area contributed by atoms with Crippen molar-refractivity contribution >= 4 is 46.4 Å². The van der Waals surface area contributed by atoms with E-state index in [1.54, 1.807) is 0 Å². The van der Waals surface area contributed by atoms with E-state index in [1.807, 2.05) is 0 Å². The van der Waals surface area contributed by atoms with Crippen LogP contribution in [0.2, 0.25) is 0 Å². The summed E-state index contributed by atoms with van der Waals surface area (Å²) in [5, 5.41) is 0. The molecular weight excluding hydrogens is 335 g/mol. The molecule has 0 heterocycles. The van der Waals surface area contributed by atoms with Crippen molar-refractivity contribution in [2.24, 2.45) is 0 Å². The van der Waals surface area contributed by atoms with Gasteiger partial charge in [-0.15, -0.1) is 0 Å². The summed E-state index contributed by atoms with van der Waals surface area (Å²) in [7, 11) is 0. The molecule has 0 aromatic carbocycles. The molecule has 6 heavy (non-hydrogen) atoms. The smallest absolute Gasteiger partial charge is 0.0664 e. The molecule has 0 saturated heterocycles. The number of hydrogen-bond donors (Lipinski definition) is 0. The molecule has 37 valence electrons. The van der Waals surface area contributed by atoms with Crippen molar-refractivity contribution in [2.75, 3.05) is 0 Å². The molecule has 0 aliphatic rings. The molecule has 0 aliphatic carbocycles. The Bertz CT molecular complexity index is 23.0. The predicted octanol–water partition coefficient (Wildman–Crippen LogP) is 2.55. The zero-order valence-electron chi connectivity index (χ0n) is 2.46. The quantitative estimate of drug-likeness (QED) is 0.597. The van der Waals surface area contributed by atoms with Gasteiger partial charge in [0.1, 0.15) is 0 Å². The molecule has 0 aliphatic heterocycles. The van der Waals surface area contributed by atoms with Crippen LogP contribution in [0.5, 0.6) is 0 Å². The van der Waals surface area contributed by atoms with Crippen LogP contribution in [0, 0.1) is 0 Å². The molecule has 0 N–H and O–H groups in total. The third-order valence-corrected chi connectivity index (χ3v) is 0. The number of rotatable bonds is 0. The van der Waals surface area contributed by atoms with Crippen molar-refractivity contribution in [1.29, 1.82) is 0 Å². The molecule has 0 aromatic heterocycles. The van der Waals surface area contributed by atoms with Gasteiger partial charge in [-0.3, -0.25) is 0 Å². The third-order valence-electron chi connectivity index (χ3n) is 0.